The third kappa shape index (κ3) is 6.46. The molecule has 1 aromatic heterocycles. The fourth-order valence-corrected chi connectivity index (χ4v) is 4.29. The molecule has 0 radical (unpaired) electrons. The number of alkyl halides is 3. The van der Waals surface area contributed by atoms with Gasteiger partial charge in [-0.25, -0.2) is 9.97 Å². The van der Waals surface area contributed by atoms with Crippen LogP contribution in [-0.2, 0) is 15.7 Å². The molecule has 1 saturated heterocycles. The first-order valence-electron chi connectivity index (χ1n) is 12.0. The van der Waals surface area contributed by atoms with E-state index in [0.717, 1.165) is 32.1 Å². The molecule has 1 fully saturated rings. The van der Waals surface area contributed by atoms with Gasteiger partial charge in [0.1, 0.15) is 11.3 Å². The molecular formula is C28H27F3N4O2. The summed E-state index contributed by atoms with van der Waals surface area (Å²) in [5.41, 5.74) is 1.36. The van der Waals surface area contributed by atoms with Gasteiger partial charge in [-0.1, -0.05) is 36.3 Å². The average Bonchev–Trinajstić information content (AvgIpc) is 2.91. The number of nitrogens with one attached hydrogen (secondary N) is 2. The summed E-state index contributed by atoms with van der Waals surface area (Å²) in [5.74, 6) is 4.70. The molecule has 192 valence electrons. The molecule has 0 spiro atoms. The highest BCUT2D eigenvalue weighted by Crippen LogP contribution is 2.32. The van der Waals surface area contributed by atoms with Gasteiger partial charge in [-0.05, 0) is 74.0 Å². The van der Waals surface area contributed by atoms with E-state index in [-0.39, 0.29) is 5.95 Å². The standard InChI is InChI=1S/C28H27F3N4O2/c1-18(26(36)37-2)23-6-4-3-5-21(23)9-12-25-24(28(29,30)31)17-33-27(35-25)34-22-10-7-19(8-11-22)20-13-15-32-16-14-20/h3-8,10-11,17-18,20,32H,13-16H2,1-2H3,(H,33,34,35). The number of esters is 1. The van der Waals surface area contributed by atoms with Crippen LogP contribution >= 0.6 is 0 Å². The van der Waals surface area contributed by atoms with Crippen LogP contribution in [0.25, 0.3) is 0 Å². The smallest absolute Gasteiger partial charge is 0.420 e. The summed E-state index contributed by atoms with van der Waals surface area (Å²) < 4.78 is 45.8. The van der Waals surface area contributed by atoms with Crippen LogP contribution in [0.2, 0.25) is 0 Å². The van der Waals surface area contributed by atoms with E-state index in [0.29, 0.717) is 22.7 Å². The second-order valence-corrected chi connectivity index (χ2v) is 8.81. The molecule has 1 unspecified atom stereocenters. The SMILES string of the molecule is COC(=O)C(C)c1ccccc1C#Cc1nc(Nc2ccc(C3CCNCC3)cc2)ncc1C(F)(F)F. The Labute approximate surface area is 213 Å². The summed E-state index contributed by atoms with van der Waals surface area (Å²) in [4.78, 5) is 19.9. The maximum atomic E-state index is 13.7. The molecule has 4 rings (SSSR count). The minimum Gasteiger partial charge on any atom is -0.469 e. The lowest BCUT2D eigenvalue weighted by Gasteiger charge is -2.23. The number of hydrogen-bond donors (Lipinski definition) is 2. The normalized spacial score (nSPS) is 14.8. The van der Waals surface area contributed by atoms with Crippen molar-refractivity contribution >= 4 is 17.6 Å². The molecule has 0 aliphatic carbocycles. The van der Waals surface area contributed by atoms with E-state index in [9.17, 15) is 18.0 Å². The van der Waals surface area contributed by atoms with E-state index in [1.54, 1.807) is 31.2 Å². The lowest BCUT2D eigenvalue weighted by Crippen LogP contribution is -2.26. The van der Waals surface area contributed by atoms with Crippen LogP contribution in [0.4, 0.5) is 24.8 Å². The summed E-state index contributed by atoms with van der Waals surface area (Å²) in [6, 6.07) is 14.5. The molecule has 2 N–H and O–H groups in total. The number of ether oxygens (including phenoxy) is 1. The van der Waals surface area contributed by atoms with E-state index in [4.69, 9.17) is 4.74 Å². The number of hydrogen-bond acceptors (Lipinski definition) is 6. The van der Waals surface area contributed by atoms with Crippen molar-refractivity contribution in [2.75, 3.05) is 25.5 Å². The zero-order valence-corrected chi connectivity index (χ0v) is 20.5. The Morgan fingerprint density at radius 1 is 1.11 bits per heavy atom. The molecule has 0 bridgehead atoms. The fraction of sp³-hybridized carbons (Fsp3) is 0.321. The zero-order valence-electron chi connectivity index (χ0n) is 20.5. The first kappa shape index (κ1) is 26.2. The zero-order chi connectivity index (χ0) is 26.4. The predicted octanol–water partition coefficient (Wildman–Crippen LogP) is 5.38. The van der Waals surface area contributed by atoms with E-state index in [2.05, 4.69) is 32.4 Å². The van der Waals surface area contributed by atoms with Crippen molar-refractivity contribution in [2.45, 2.75) is 37.8 Å². The fourth-order valence-electron chi connectivity index (χ4n) is 4.29. The van der Waals surface area contributed by atoms with Crippen molar-refractivity contribution in [1.82, 2.24) is 15.3 Å². The van der Waals surface area contributed by atoms with E-state index in [1.807, 2.05) is 24.3 Å². The van der Waals surface area contributed by atoms with Crippen LogP contribution in [0, 0.1) is 11.8 Å². The van der Waals surface area contributed by atoms with Crippen LogP contribution in [0.15, 0.2) is 54.7 Å². The number of carbonyl (C=O) groups is 1. The van der Waals surface area contributed by atoms with Gasteiger partial charge in [0.2, 0.25) is 5.95 Å². The topological polar surface area (TPSA) is 76.1 Å². The second kappa shape index (κ2) is 11.4. The van der Waals surface area contributed by atoms with Crippen LogP contribution in [-0.4, -0.2) is 36.1 Å². The van der Waals surface area contributed by atoms with Crippen molar-refractivity contribution < 1.29 is 22.7 Å². The first-order valence-corrected chi connectivity index (χ1v) is 12.0. The van der Waals surface area contributed by atoms with Gasteiger partial charge in [-0.2, -0.15) is 13.2 Å². The molecule has 2 heterocycles. The van der Waals surface area contributed by atoms with Crippen LogP contribution in [0.1, 0.15) is 59.5 Å². The Morgan fingerprint density at radius 2 is 1.81 bits per heavy atom. The highest BCUT2D eigenvalue weighted by atomic mass is 19.4. The number of halogens is 3. The molecule has 1 aliphatic rings. The number of piperidine rings is 1. The molecule has 37 heavy (non-hydrogen) atoms. The molecule has 6 nitrogen and oxygen atoms in total. The van der Waals surface area contributed by atoms with Crippen molar-refractivity contribution in [3.05, 3.63) is 82.7 Å². The minimum atomic E-state index is -4.68. The van der Waals surface area contributed by atoms with E-state index in [1.165, 1.54) is 12.7 Å². The van der Waals surface area contributed by atoms with Gasteiger partial charge in [0.15, 0.2) is 0 Å². The van der Waals surface area contributed by atoms with E-state index >= 15 is 0 Å². The van der Waals surface area contributed by atoms with Crippen molar-refractivity contribution in [3.8, 4) is 11.8 Å². The molecule has 2 aromatic carbocycles. The summed E-state index contributed by atoms with van der Waals surface area (Å²) in [6.45, 7) is 3.62. The Bertz CT molecular complexity index is 1310. The van der Waals surface area contributed by atoms with E-state index < -0.39 is 29.3 Å². The highest BCUT2D eigenvalue weighted by Gasteiger charge is 2.35. The molecule has 1 atom stereocenters. The minimum absolute atomic E-state index is 0.00290. The maximum absolute atomic E-state index is 13.7. The summed E-state index contributed by atoms with van der Waals surface area (Å²) in [6.07, 6.45) is -1.82. The van der Waals surface area contributed by atoms with Gasteiger partial charge in [0.25, 0.3) is 0 Å². The van der Waals surface area contributed by atoms with Gasteiger partial charge in [0, 0.05) is 17.4 Å². The Balaban J connectivity index is 1.62. The summed E-state index contributed by atoms with van der Waals surface area (Å²) >= 11 is 0. The molecule has 0 amide bonds. The van der Waals surface area contributed by atoms with Crippen LogP contribution < -0.4 is 10.6 Å². The Hall–Kier alpha value is -3.90. The molecular weight excluding hydrogens is 481 g/mol. The molecule has 0 saturated carbocycles. The number of methoxy groups -OCH3 is 1. The molecule has 3 aromatic rings. The largest absolute Gasteiger partial charge is 0.469 e. The van der Waals surface area contributed by atoms with Gasteiger partial charge in [0.05, 0.1) is 13.0 Å². The second-order valence-electron chi connectivity index (χ2n) is 8.81. The average molecular weight is 509 g/mol. The predicted molar refractivity (Wildman–Crippen MR) is 134 cm³/mol. The number of rotatable bonds is 5. The lowest BCUT2D eigenvalue weighted by molar-refractivity contribution is -0.142. The van der Waals surface area contributed by atoms with Gasteiger partial charge >= 0.3 is 12.1 Å². The number of benzene rings is 2. The summed E-state index contributed by atoms with van der Waals surface area (Å²) in [5, 5.41) is 6.32. The van der Waals surface area contributed by atoms with Crippen molar-refractivity contribution in [1.29, 1.82) is 0 Å². The van der Waals surface area contributed by atoms with Gasteiger partial charge in [-0.3, -0.25) is 4.79 Å². The Morgan fingerprint density at radius 3 is 2.49 bits per heavy atom. The molecule has 9 heteroatoms. The first-order chi connectivity index (χ1) is 17.8. The highest BCUT2D eigenvalue weighted by molar-refractivity contribution is 5.78. The third-order valence-corrected chi connectivity index (χ3v) is 6.37. The number of nitrogens with zero attached hydrogens (tertiary/aromatic N) is 2. The maximum Gasteiger partial charge on any atom is 0.420 e. The molecule has 1 aliphatic heterocycles. The quantitative estimate of drug-likeness (QED) is 0.356. The number of carbonyl (C=O) groups excluding carboxylic acids is 1. The third-order valence-electron chi connectivity index (χ3n) is 6.37. The van der Waals surface area contributed by atoms with Gasteiger partial charge in [-0.15, -0.1) is 0 Å². The Kier molecular flexibility index (Phi) is 8.09. The lowest BCUT2D eigenvalue weighted by atomic mass is 9.90. The van der Waals surface area contributed by atoms with Gasteiger partial charge < -0.3 is 15.4 Å². The van der Waals surface area contributed by atoms with Crippen LogP contribution in [0.5, 0.6) is 0 Å². The van der Waals surface area contributed by atoms with Crippen molar-refractivity contribution in [3.63, 3.8) is 0 Å². The monoisotopic (exact) mass is 508 g/mol. The van der Waals surface area contributed by atoms with Crippen molar-refractivity contribution in [2.24, 2.45) is 0 Å². The number of aromatic nitrogens is 2. The van der Waals surface area contributed by atoms with Crippen LogP contribution in [0.3, 0.4) is 0 Å². The number of anilines is 2. The summed E-state index contributed by atoms with van der Waals surface area (Å²) in [7, 11) is 1.28.